The molecule has 4 nitrogen and oxygen atoms in total. The summed E-state index contributed by atoms with van der Waals surface area (Å²) in [5, 5.41) is 9.48. The number of aromatic carboxylic acids is 1. The van der Waals surface area contributed by atoms with Crippen molar-refractivity contribution >= 4 is 11.9 Å². The van der Waals surface area contributed by atoms with Gasteiger partial charge < -0.3 is 9.84 Å². The maximum Gasteiger partial charge on any atom is 0.339 e. The van der Waals surface area contributed by atoms with Gasteiger partial charge in [0, 0.05) is 11.6 Å². The molecule has 3 rings (SSSR count). The Morgan fingerprint density at radius 3 is 2.26 bits per heavy atom. The molecule has 0 heterocycles. The van der Waals surface area contributed by atoms with Gasteiger partial charge in [0.2, 0.25) is 0 Å². The van der Waals surface area contributed by atoms with Crippen molar-refractivity contribution in [2.45, 2.75) is 33.6 Å². The van der Waals surface area contributed by atoms with E-state index in [-0.39, 0.29) is 27.9 Å². The Balaban J connectivity index is 1.91. The Hall–Kier alpha value is -2.76. The van der Waals surface area contributed by atoms with E-state index >= 15 is 0 Å². The van der Waals surface area contributed by atoms with E-state index in [1.165, 1.54) is 24.3 Å². The van der Waals surface area contributed by atoms with Crippen LogP contribution in [0.15, 0.2) is 36.4 Å². The lowest BCUT2D eigenvalue weighted by Crippen LogP contribution is -2.48. The van der Waals surface area contributed by atoms with Crippen molar-refractivity contribution in [2.24, 2.45) is 10.8 Å². The van der Waals surface area contributed by atoms with Crippen LogP contribution in [-0.4, -0.2) is 17.0 Å². The first-order valence-corrected chi connectivity index (χ1v) is 8.56. The molecule has 0 unspecified atom stereocenters. The molecule has 142 valence electrons. The van der Waals surface area contributed by atoms with Gasteiger partial charge in [-0.25, -0.2) is 13.6 Å². The smallest absolute Gasteiger partial charge is 0.339 e. The third-order valence-electron chi connectivity index (χ3n) is 4.88. The van der Waals surface area contributed by atoms with Gasteiger partial charge in [0.1, 0.15) is 22.9 Å². The number of rotatable bonds is 4. The topological polar surface area (TPSA) is 63.6 Å². The molecular formula is C21H20F2O4. The molecule has 2 aromatic carbocycles. The van der Waals surface area contributed by atoms with Gasteiger partial charge in [0.15, 0.2) is 0 Å². The number of carboxylic acids is 1. The Morgan fingerprint density at radius 1 is 1.04 bits per heavy atom. The molecule has 1 aliphatic carbocycles. The number of carbonyl (C=O) groups is 2. The maximum atomic E-state index is 14.0. The predicted octanol–water partition coefficient (Wildman–Crippen LogP) is 5.06. The SMILES string of the molecule is CC1(C)CC(C)(C(=O)Oc2ccc(-c3ccc(F)cc3F)cc2C(=O)O)C1. The number of esters is 1. The Bertz CT molecular complexity index is 926. The van der Waals surface area contributed by atoms with E-state index in [4.69, 9.17) is 4.74 Å². The average molecular weight is 374 g/mol. The minimum absolute atomic E-state index is 0.0490. The fourth-order valence-corrected chi connectivity index (χ4v) is 4.11. The second-order valence-corrected chi connectivity index (χ2v) is 8.11. The summed E-state index contributed by atoms with van der Waals surface area (Å²) < 4.78 is 32.5. The minimum atomic E-state index is -1.30. The minimum Gasteiger partial charge on any atom is -0.478 e. The molecule has 0 atom stereocenters. The molecule has 27 heavy (non-hydrogen) atoms. The third-order valence-corrected chi connectivity index (χ3v) is 4.88. The number of carboxylic acid groups (broad SMARTS) is 1. The molecule has 1 N–H and O–H groups in total. The number of benzene rings is 2. The molecule has 1 aliphatic rings. The van der Waals surface area contributed by atoms with E-state index in [2.05, 4.69) is 13.8 Å². The highest BCUT2D eigenvalue weighted by atomic mass is 19.1. The van der Waals surface area contributed by atoms with Crippen LogP contribution in [0.3, 0.4) is 0 Å². The fraction of sp³-hybridized carbons (Fsp3) is 0.333. The Labute approximate surface area is 155 Å². The number of carbonyl (C=O) groups excluding carboxylic acids is 1. The summed E-state index contributed by atoms with van der Waals surface area (Å²) in [7, 11) is 0. The number of ether oxygens (including phenoxy) is 1. The lowest BCUT2D eigenvalue weighted by Gasteiger charge is -2.49. The van der Waals surface area contributed by atoms with Crippen molar-refractivity contribution in [3.8, 4) is 16.9 Å². The van der Waals surface area contributed by atoms with Gasteiger partial charge in [-0.15, -0.1) is 0 Å². The van der Waals surface area contributed by atoms with Crippen molar-refractivity contribution < 1.29 is 28.2 Å². The van der Waals surface area contributed by atoms with Crippen molar-refractivity contribution in [1.82, 2.24) is 0 Å². The zero-order valence-corrected chi connectivity index (χ0v) is 15.3. The van der Waals surface area contributed by atoms with Crippen LogP contribution in [0.2, 0.25) is 0 Å². The normalized spacial score (nSPS) is 17.1. The van der Waals surface area contributed by atoms with Gasteiger partial charge in [-0.05, 0) is 55.0 Å². The molecule has 6 heteroatoms. The average Bonchev–Trinajstić information content (AvgIpc) is 2.53. The van der Waals surface area contributed by atoms with Crippen LogP contribution in [-0.2, 0) is 4.79 Å². The summed E-state index contributed by atoms with van der Waals surface area (Å²) in [6, 6.07) is 7.03. The molecule has 1 saturated carbocycles. The molecule has 0 spiro atoms. The Morgan fingerprint density at radius 2 is 1.70 bits per heavy atom. The summed E-state index contributed by atoms with van der Waals surface area (Å²) in [6.45, 7) is 5.90. The van der Waals surface area contributed by atoms with E-state index in [0.717, 1.165) is 12.1 Å². The zero-order chi connectivity index (χ0) is 20.0. The van der Waals surface area contributed by atoms with Crippen molar-refractivity contribution in [2.75, 3.05) is 0 Å². The van der Waals surface area contributed by atoms with Crippen LogP contribution in [0.4, 0.5) is 8.78 Å². The summed E-state index contributed by atoms with van der Waals surface area (Å²) in [6.07, 6.45) is 1.31. The molecular weight excluding hydrogens is 354 g/mol. The molecule has 0 bridgehead atoms. The van der Waals surface area contributed by atoms with Crippen LogP contribution < -0.4 is 4.74 Å². The molecule has 0 saturated heterocycles. The molecule has 0 aromatic heterocycles. The largest absolute Gasteiger partial charge is 0.478 e. The molecule has 1 fully saturated rings. The van der Waals surface area contributed by atoms with Gasteiger partial charge in [0.25, 0.3) is 0 Å². The van der Waals surface area contributed by atoms with Crippen molar-refractivity contribution in [3.05, 3.63) is 53.6 Å². The number of hydrogen-bond acceptors (Lipinski definition) is 3. The van der Waals surface area contributed by atoms with E-state index in [1.54, 1.807) is 6.92 Å². The van der Waals surface area contributed by atoms with Crippen LogP contribution in [0.1, 0.15) is 44.0 Å². The van der Waals surface area contributed by atoms with Crippen LogP contribution >= 0.6 is 0 Å². The lowest BCUT2D eigenvalue weighted by molar-refractivity contribution is -0.158. The third kappa shape index (κ3) is 3.70. The Kier molecular flexibility index (Phi) is 4.54. The molecule has 0 aliphatic heterocycles. The summed E-state index contributed by atoms with van der Waals surface area (Å²) >= 11 is 0. The van der Waals surface area contributed by atoms with Gasteiger partial charge in [0.05, 0.1) is 5.41 Å². The fourth-order valence-electron chi connectivity index (χ4n) is 4.11. The van der Waals surface area contributed by atoms with E-state index in [0.29, 0.717) is 12.8 Å². The second-order valence-electron chi connectivity index (χ2n) is 8.11. The summed E-state index contributed by atoms with van der Waals surface area (Å²) in [5.74, 6) is -3.41. The van der Waals surface area contributed by atoms with Gasteiger partial charge >= 0.3 is 11.9 Å². The number of hydrogen-bond donors (Lipinski definition) is 1. The van der Waals surface area contributed by atoms with E-state index in [1.807, 2.05) is 0 Å². The second kappa shape index (κ2) is 6.44. The first kappa shape index (κ1) is 19.0. The standard InChI is InChI=1S/C21H20F2O4/c1-20(2)10-21(3,11-20)19(26)27-17-7-4-12(8-15(17)18(24)25)14-6-5-13(22)9-16(14)23/h4-9H,10-11H2,1-3H3,(H,24,25). The van der Waals surface area contributed by atoms with Gasteiger partial charge in [-0.1, -0.05) is 19.9 Å². The van der Waals surface area contributed by atoms with Gasteiger partial charge in [-0.3, -0.25) is 4.79 Å². The first-order valence-electron chi connectivity index (χ1n) is 8.56. The number of halogens is 2. The van der Waals surface area contributed by atoms with E-state index < -0.39 is 29.0 Å². The first-order chi connectivity index (χ1) is 12.5. The maximum absolute atomic E-state index is 14.0. The van der Waals surface area contributed by atoms with Crippen molar-refractivity contribution in [1.29, 1.82) is 0 Å². The van der Waals surface area contributed by atoms with E-state index in [9.17, 15) is 23.5 Å². The summed E-state index contributed by atoms with van der Waals surface area (Å²) in [5.41, 5.74) is -0.550. The summed E-state index contributed by atoms with van der Waals surface area (Å²) in [4.78, 5) is 24.1. The van der Waals surface area contributed by atoms with Crippen LogP contribution in [0.25, 0.3) is 11.1 Å². The zero-order valence-electron chi connectivity index (χ0n) is 15.3. The highest BCUT2D eigenvalue weighted by Gasteiger charge is 2.52. The van der Waals surface area contributed by atoms with Crippen LogP contribution in [0.5, 0.6) is 5.75 Å². The highest BCUT2D eigenvalue weighted by molar-refractivity contribution is 5.94. The monoisotopic (exact) mass is 374 g/mol. The molecule has 0 radical (unpaired) electrons. The predicted molar refractivity (Wildman–Crippen MR) is 95.5 cm³/mol. The van der Waals surface area contributed by atoms with Gasteiger partial charge in [-0.2, -0.15) is 0 Å². The quantitative estimate of drug-likeness (QED) is 0.600. The molecule has 2 aromatic rings. The van der Waals surface area contributed by atoms with Crippen LogP contribution in [0, 0.1) is 22.5 Å². The lowest BCUT2D eigenvalue weighted by atomic mass is 9.55. The van der Waals surface area contributed by atoms with Crippen molar-refractivity contribution in [3.63, 3.8) is 0 Å². The highest BCUT2D eigenvalue weighted by Crippen LogP contribution is 2.54. The molecule has 0 amide bonds.